The van der Waals surface area contributed by atoms with Gasteiger partial charge in [0, 0.05) is 25.4 Å². The van der Waals surface area contributed by atoms with Crippen LogP contribution in [0.4, 0.5) is 4.79 Å². The molecular formula is C27H25N5O3. The van der Waals surface area contributed by atoms with Gasteiger partial charge in [-0.1, -0.05) is 54.6 Å². The standard InChI is InChI=1S/C27H25N5O3/c1-27(22-13-12-20-8-6-7-9-21(20)14-22)25(34)31(26(35)29-27)18-24(33)30(2)16-19-15-28-32(17-19)23-10-4-3-5-11-23/h3-15,17H,16,18H2,1-2H3,(H,29,35)/t27-/m1/s1. The maximum Gasteiger partial charge on any atom is 0.325 e. The van der Waals surface area contributed by atoms with E-state index in [-0.39, 0.29) is 12.5 Å². The molecule has 1 aliphatic rings. The van der Waals surface area contributed by atoms with Gasteiger partial charge in [0.25, 0.3) is 5.91 Å². The Morgan fingerprint density at radius 3 is 2.49 bits per heavy atom. The van der Waals surface area contributed by atoms with Gasteiger partial charge >= 0.3 is 6.03 Å². The summed E-state index contributed by atoms with van der Waals surface area (Å²) < 4.78 is 1.74. The number of carbonyl (C=O) groups excluding carboxylic acids is 3. The second-order valence-electron chi connectivity index (χ2n) is 8.89. The third-order valence-corrected chi connectivity index (χ3v) is 6.40. The molecule has 0 spiro atoms. The predicted octanol–water partition coefficient (Wildman–Crippen LogP) is 3.45. The molecule has 0 bridgehead atoms. The van der Waals surface area contributed by atoms with E-state index in [2.05, 4.69) is 10.4 Å². The van der Waals surface area contributed by atoms with Crippen LogP contribution in [0, 0.1) is 0 Å². The van der Waals surface area contributed by atoms with Gasteiger partial charge in [-0.2, -0.15) is 5.10 Å². The first kappa shape index (κ1) is 22.3. The van der Waals surface area contributed by atoms with Crippen molar-refractivity contribution in [2.24, 2.45) is 0 Å². The second-order valence-corrected chi connectivity index (χ2v) is 8.89. The van der Waals surface area contributed by atoms with Crippen LogP contribution in [0.5, 0.6) is 0 Å². The van der Waals surface area contributed by atoms with Crippen molar-refractivity contribution in [2.75, 3.05) is 13.6 Å². The number of likely N-dealkylation sites (N-methyl/N-ethyl adjacent to an activating group) is 1. The lowest BCUT2D eigenvalue weighted by Crippen LogP contribution is -2.43. The third-order valence-electron chi connectivity index (χ3n) is 6.40. The van der Waals surface area contributed by atoms with E-state index in [1.165, 1.54) is 4.90 Å². The first-order valence-electron chi connectivity index (χ1n) is 11.3. The molecule has 0 unspecified atom stereocenters. The average Bonchev–Trinajstić information content (AvgIpc) is 3.42. The van der Waals surface area contributed by atoms with E-state index in [0.29, 0.717) is 12.1 Å². The number of aromatic nitrogens is 2. The van der Waals surface area contributed by atoms with Gasteiger partial charge in [0.15, 0.2) is 0 Å². The summed E-state index contributed by atoms with van der Waals surface area (Å²) in [7, 11) is 1.64. The molecule has 0 radical (unpaired) electrons. The number of carbonyl (C=O) groups is 3. The summed E-state index contributed by atoms with van der Waals surface area (Å²) in [4.78, 5) is 41.4. The molecule has 176 valence electrons. The summed E-state index contributed by atoms with van der Waals surface area (Å²) in [5, 5.41) is 9.14. The normalized spacial score (nSPS) is 17.6. The van der Waals surface area contributed by atoms with E-state index in [1.54, 1.807) is 24.9 Å². The van der Waals surface area contributed by atoms with Crippen molar-refractivity contribution in [1.82, 2.24) is 24.9 Å². The van der Waals surface area contributed by atoms with Crippen molar-refractivity contribution in [2.45, 2.75) is 19.0 Å². The third kappa shape index (κ3) is 4.14. The number of urea groups is 1. The monoisotopic (exact) mass is 467 g/mol. The van der Waals surface area contributed by atoms with E-state index in [9.17, 15) is 14.4 Å². The Labute approximate surface area is 202 Å². The van der Waals surface area contributed by atoms with E-state index >= 15 is 0 Å². The SMILES string of the molecule is CN(Cc1cnn(-c2ccccc2)c1)C(=O)CN1C(=O)N[C@](C)(c2ccc3ccccc3c2)C1=O. The molecule has 4 aromatic rings. The number of benzene rings is 3. The fourth-order valence-corrected chi connectivity index (χ4v) is 4.32. The lowest BCUT2D eigenvalue weighted by molar-refractivity contribution is -0.138. The van der Waals surface area contributed by atoms with Crippen molar-refractivity contribution in [3.8, 4) is 5.69 Å². The highest BCUT2D eigenvalue weighted by atomic mass is 16.2. The summed E-state index contributed by atoms with van der Waals surface area (Å²) in [6.45, 7) is 1.64. The maximum atomic E-state index is 13.3. The minimum absolute atomic E-state index is 0.303. The van der Waals surface area contributed by atoms with Crippen LogP contribution >= 0.6 is 0 Å². The van der Waals surface area contributed by atoms with E-state index < -0.39 is 17.5 Å². The van der Waals surface area contributed by atoms with Crippen LogP contribution < -0.4 is 5.32 Å². The molecule has 1 atom stereocenters. The van der Waals surface area contributed by atoms with Crippen LogP contribution in [-0.4, -0.2) is 51.0 Å². The van der Waals surface area contributed by atoms with Gasteiger partial charge in [-0.3, -0.25) is 14.5 Å². The number of para-hydroxylation sites is 1. The molecule has 4 amide bonds. The van der Waals surface area contributed by atoms with Crippen LogP contribution in [0.3, 0.4) is 0 Å². The van der Waals surface area contributed by atoms with Gasteiger partial charge in [0.2, 0.25) is 5.91 Å². The minimum atomic E-state index is -1.24. The molecule has 2 heterocycles. The highest BCUT2D eigenvalue weighted by molar-refractivity contribution is 6.09. The minimum Gasteiger partial charge on any atom is -0.340 e. The van der Waals surface area contributed by atoms with Crippen LogP contribution in [0.2, 0.25) is 0 Å². The zero-order chi connectivity index (χ0) is 24.6. The molecule has 1 aromatic heterocycles. The number of hydrogen-bond donors (Lipinski definition) is 1. The molecule has 1 saturated heterocycles. The Bertz CT molecular complexity index is 1430. The Morgan fingerprint density at radius 2 is 1.71 bits per heavy atom. The predicted molar refractivity (Wildman–Crippen MR) is 132 cm³/mol. The topological polar surface area (TPSA) is 87.5 Å². The van der Waals surface area contributed by atoms with Gasteiger partial charge in [-0.05, 0) is 41.5 Å². The summed E-state index contributed by atoms with van der Waals surface area (Å²) in [6, 6.07) is 22.6. The number of fused-ring (bicyclic) bond motifs is 1. The van der Waals surface area contributed by atoms with Gasteiger partial charge in [-0.15, -0.1) is 0 Å². The number of nitrogens with zero attached hydrogens (tertiary/aromatic N) is 4. The Morgan fingerprint density at radius 1 is 1.00 bits per heavy atom. The van der Waals surface area contributed by atoms with E-state index in [4.69, 9.17) is 0 Å². The summed E-state index contributed by atoms with van der Waals surface area (Å²) in [5.41, 5.74) is 1.19. The molecule has 1 N–H and O–H groups in total. The molecule has 3 aromatic carbocycles. The van der Waals surface area contributed by atoms with E-state index in [0.717, 1.165) is 26.9 Å². The largest absolute Gasteiger partial charge is 0.340 e. The van der Waals surface area contributed by atoms with Crippen molar-refractivity contribution < 1.29 is 14.4 Å². The van der Waals surface area contributed by atoms with Crippen molar-refractivity contribution in [3.05, 3.63) is 96.3 Å². The Balaban J connectivity index is 1.28. The lowest BCUT2D eigenvalue weighted by Gasteiger charge is -2.23. The molecule has 35 heavy (non-hydrogen) atoms. The zero-order valence-electron chi connectivity index (χ0n) is 19.5. The van der Waals surface area contributed by atoms with E-state index in [1.807, 2.05) is 79.0 Å². The molecule has 0 saturated carbocycles. The van der Waals surface area contributed by atoms with Gasteiger partial charge in [-0.25, -0.2) is 9.48 Å². The van der Waals surface area contributed by atoms with Gasteiger partial charge in [0.05, 0.1) is 11.9 Å². The first-order valence-corrected chi connectivity index (χ1v) is 11.3. The molecule has 5 rings (SSSR count). The highest BCUT2D eigenvalue weighted by Gasteiger charge is 2.49. The van der Waals surface area contributed by atoms with Crippen molar-refractivity contribution in [3.63, 3.8) is 0 Å². The molecule has 0 aliphatic carbocycles. The molecule has 8 nitrogen and oxygen atoms in total. The fraction of sp³-hybridized carbons (Fsp3) is 0.185. The molecular weight excluding hydrogens is 442 g/mol. The smallest absolute Gasteiger partial charge is 0.325 e. The quantitative estimate of drug-likeness (QED) is 0.440. The number of amides is 4. The summed E-state index contributed by atoms with van der Waals surface area (Å²) in [5.74, 6) is -0.792. The Hall–Kier alpha value is -4.46. The van der Waals surface area contributed by atoms with Crippen LogP contribution in [0.25, 0.3) is 16.5 Å². The summed E-state index contributed by atoms with van der Waals surface area (Å²) in [6.07, 6.45) is 3.55. The van der Waals surface area contributed by atoms with Crippen LogP contribution in [-0.2, 0) is 21.7 Å². The first-order chi connectivity index (χ1) is 16.8. The number of nitrogens with one attached hydrogen (secondary N) is 1. The number of hydrogen-bond acceptors (Lipinski definition) is 4. The Kier molecular flexibility index (Phi) is 5.56. The zero-order valence-corrected chi connectivity index (χ0v) is 19.5. The average molecular weight is 468 g/mol. The fourth-order valence-electron chi connectivity index (χ4n) is 4.32. The summed E-state index contributed by atoms with van der Waals surface area (Å²) >= 11 is 0. The highest BCUT2D eigenvalue weighted by Crippen LogP contribution is 2.31. The molecule has 1 aliphatic heterocycles. The van der Waals surface area contributed by atoms with Crippen LogP contribution in [0.1, 0.15) is 18.1 Å². The van der Waals surface area contributed by atoms with Crippen molar-refractivity contribution >= 4 is 28.6 Å². The maximum absolute atomic E-state index is 13.3. The second kappa shape index (κ2) is 8.72. The number of imide groups is 1. The molecule has 1 fully saturated rings. The molecule has 8 heteroatoms. The van der Waals surface area contributed by atoms with Gasteiger partial charge < -0.3 is 10.2 Å². The van der Waals surface area contributed by atoms with Crippen molar-refractivity contribution in [1.29, 1.82) is 0 Å². The number of rotatable bonds is 6. The van der Waals surface area contributed by atoms with Crippen LogP contribution in [0.15, 0.2) is 85.2 Å². The van der Waals surface area contributed by atoms with Gasteiger partial charge in [0.1, 0.15) is 12.1 Å². The lowest BCUT2D eigenvalue weighted by atomic mass is 9.90.